The van der Waals surface area contributed by atoms with Crippen LogP contribution in [-0.4, -0.2) is 55.9 Å². The molecule has 30 heavy (non-hydrogen) atoms. The van der Waals surface area contributed by atoms with Crippen molar-refractivity contribution in [3.05, 3.63) is 40.6 Å². The zero-order valence-corrected chi connectivity index (χ0v) is 17.4. The maximum atomic E-state index is 12.5. The molecule has 2 N–H and O–H groups in total. The van der Waals surface area contributed by atoms with Gasteiger partial charge in [0.1, 0.15) is 13.2 Å². The van der Waals surface area contributed by atoms with Gasteiger partial charge in [-0.25, -0.2) is 4.79 Å². The number of nitrogens with one attached hydrogen (secondary N) is 2. The molecular weight excluding hydrogens is 406 g/mol. The van der Waals surface area contributed by atoms with Crippen molar-refractivity contribution in [2.75, 3.05) is 38.2 Å². The lowest BCUT2D eigenvalue weighted by atomic mass is 10.2. The van der Waals surface area contributed by atoms with E-state index in [1.165, 1.54) is 4.88 Å². The molecule has 1 atom stereocenters. The molecule has 3 amide bonds. The summed E-state index contributed by atoms with van der Waals surface area (Å²) in [7, 11) is 0. The number of hydrogen-bond acceptors (Lipinski definition) is 7. The molecule has 0 saturated carbocycles. The zero-order valence-electron chi connectivity index (χ0n) is 16.6. The smallest absolute Gasteiger partial charge is 0.325 e. The molecule has 2 aromatic rings. The Hall–Kier alpha value is -2.62. The van der Waals surface area contributed by atoms with E-state index in [0.717, 1.165) is 19.4 Å². The van der Waals surface area contributed by atoms with Crippen LogP contribution in [0.15, 0.2) is 35.7 Å². The SMILES string of the molecule is O=C(CN(Cc1cccs1)C[C@@H]1CCCO1)NC(=O)Nc1ccc2c(c1)OCCO2. The van der Waals surface area contributed by atoms with Gasteiger partial charge in [0.2, 0.25) is 5.91 Å². The van der Waals surface area contributed by atoms with Crippen LogP contribution in [0, 0.1) is 0 Å². The molecule has 8 nitrogen and oxygen atoms in total. The molecule has 1 saturated heterocycles. The summed E-state index contributed by atoms with van der Waals surface area (Å²) in [5.41, 5.74) is 0.527. The molecule has 0 unspecified atom stereocenters. The van der Waals surface area contributed by atoms with Gasteiger partial charge < -0.3 is 19.5 Å². The molecule has 1 aromatic heterocycles. The van der Waals surface area contributed by atoms with E-state index in [1.54, 1.807) is 29.5 Å². The molecular formula is C21H25N3O5S. The number of amides is 3. The minimum Gasteiger partial charge on any atom is -0.486 e. The van der Waals surface area contributed by atoms with E-state index in [2.05, 4.69) is 10.6 Å². The third-order valence-electron chi connectivity index (χ3n) is 4.87. The largest absolute Gasteiger partial charge is 0.486 e. The van der Waals surface area contributed by atoms with Crippen LogP contribution < -0.4 is 20.1 Å². The number of ether oxygens (including phenoxy) is 3. The minimum absolute atomic E-state index is 0.117. The van der Waals surface area contributed by atoms with Crippen LogP contribution in [0.2, 0.25) is 0 Å². The van der Waals surface area contributed by atoms with E-state index in [9.17, 15) is 9.59 Å². The van der Waals surface area contributed by atoms with Gasteiger partial charge in [-0.3, -0.25) is 15.0 Å². The lowest BCUT2D eigenvalue weighted by Gasteiger charge is -2.24. The number of anilines is 1. The van der Waals surface area contributed by atoms with Crippen LogP contribution >= 0.6 is 11.3 Å². The van der Waals surface area contributed by atoms with Gasteiger partial charge in [0.25, 0.3) is 0 Å². The normalized spacial score (nSPS) is 17.7. The predicted octanol–water partition coefficient (Wildman–Crippen LogP) is 2.85. The molecule has 4 rings (SSSR count). The van der Waals surface area contributed by atoms with Crippen molar-refractivity contribution in [2.45, 2.75) is 25.5 Å². The number of fused-ring (bicyclic) bond motifs is 1. The molecule has 0 spiro atoms. The summed E-state index contributed by atoms with van der Waals surface area (Å²) in [5, 5.41) is 7.08. The highest BCUT2D eigenvalue weighted by atomic mass is 32.1. The highest BCUT2D eigenvalue weighted by Gasteiger charge is 2.22. The first-order chi connectivity index (χ1) is 14.7. The van der Waals surface area contributed by atoms with E-state index in [0.29, 0.717) is 43.5 Å². The Balaban J connectivity index is 1.31. The molecule has 160 valence electrons. The molecule has 3 heterocycles. The first kappa shape index (κ1) is 20.6. The fourth-order valence-electron chi connectivity index (χ4n) is 3.54. The predicted molar refractivity (Wildman–Crippen MR) is 113 cm³/mol. The van der Waals surface area contributed by atoms with Gasteiger partial charge in [-0.05, 0) is 36.4 Å². The lowest BCUT2D eigenvalue weighted by Crippen LogP contribution is -2.43. The fourth-order valence-corrected chi connectivity index (χ4v) is 4.28. The van der Waals surface area contributed by atoms with Crippen LogP contribution in [-0.2, 0) is 16.1 Å². The highest BCUT2D eigenvalue weighted by molar-refractivity contribution is 7.09. The Labute approximate surface area is 179 Å². The average molecular weight is 432 g/mol. The summed E-state index contributed by atoms with van der Waals surface area (Å²) in [5.74, 6) is 0.852. The van der Waals surface area contributed by atoms with Crippen LogP contribution in [0.3, 0.4) is 0 Å². The fraction of sp³-hybridized carbons (Fsp3) is 0.429. The summed E-state index contributed by atoms with van der Waals surface area (Å²) in [4.78, 5) is 28.0. The van der Waals surface area contributed by atoms with E-state index in [4.69, 9.17) is 14.2 Å². The third kappa shape index (κ3) is 5.71. The topological polar surface area (TPSA) is 89.1 Å². The summed E-state index contributed by atoms with van der Waals surface area (Å²) in [6, 6.07) is 8.57. The number of nitrogens with zero attached hydrogens (tertiary/aromatic N) is 1. The number of urea groups is 1. The van der Waals surface area contributed by atoms with Crippen molar-refractivity contribution >= 4 is 29.0 Å². The van der Waals surface area contributed by atoms with Crippen molar-refractivity contribution in [3.8, 4) is 11.5 Å². The Bertz CT molecular complexity index is 868. The van der Waals surface area contributed by atoms with Crippen molar-refractivity contribution in [1.29, 1.82) is 0 Å². The maximum absolute atomic E-state index is 12.5. The summed E-state index contributed by atoms with van der Waals surface area (Å²) >= 11 is 1.65. The van der Waals surface area contributed by atoms with Gasteiger partial charge in [0.15, 0.2) is 11.5 Å². The number of carbonyl (C=O) groups excluding carboxylic acids is 2. The standard InChI is InChI=1S/C21H25N3O5S/c25-20(14-24(12-16-3-1-7-27-16)13-17-4-2-10-30-17)23-21(26)22-15-5-6-18-19(11-15)29-9-8-28-18/h2,4-6,10-11,16H,1,3,7-9,12-14H2,(H2,22,23,25,26)/t16-/m0/s1. The molecule has 2 aliphatic heterocycles. The van der Waals surface area contributed by atoms with E-state index < -0.39 is 6.03 Å². The molecule has 0 radical (unpaired) electrons. The zero-order chi connectivity index (χ0) is 20.8. The van der Waals surface area contributed by atoms with Crippen LogP contribution in [0.5, 0.6) is 11.5 Å². The molecule has 9 heteroatoms. The highest BCUT2D eigenvalue weighted by Crippen LogP contribution is 2.32. The van der Waals surface area contributed by atoms with Gasteiger partial charge in [-0.2, -0.15) is 0 Å². The maximum Gasteiger partial charge on any atom is 0.325 e. The summed E-state index contributed by atoms with van der Waals surface area (Å²) in [6.45, 7) is 3.16. The van der Waals surface area contributed by atoms with Gasteiger partial charge in [-0.15, -0.1) is 11.3 Å². The van der Waals surface area contributed by atoms with Crippen molar-refractivity contribution in [3.63, 3.8) is 0 Å². The van der Waals surface area contributed by atoms with Gasteiger partial charge >= 0.3 is 6.03 Å². The molecule has 1 fully saturated rings. The van der Waals surface area contributed by atoms with Gasteiger partial charge in [0.05, 0.1) is 12.6 Å². The first-order valence-corrected chi connectivity index (χ1v) is 10.9. The van der Waals surface area contributed by atoms with Crippen molar-refractivity contribution in [1.82, 2.24) is 10.2 Å². The third-order valence-corrected chi connectivity index (χ3v) is 5.73. The van der Waals surface area contributed by atoms with E-state index in [1.807, 2.05) is 22.4 Å². The second kappa shape index (κ2) is 9.92. The van der Waals surface area contributed by atoms with Crippen LogP contribution in [0.1, 0.15) is 17.7 Å². The molecule has 1 aromatic carbocycles. The second-order valence-electron chi connectivity index (χ2n) is 7.24. The number of rotatable bonds is 7. The van der Waals surface area contributed by atoms with Crippen molar-refractivity contribution < 1.29 is 23.8 Å². The Morgan fingerprint density at radius 3 is 2.77 bits per heavy atom. The Morgan fingerprint density at radius 1 is 1.13 bits per heavy atom. The minimum atomic E-state index is -0.579. The second-order valence-corrected chi connectivity index (χ2v) is 8.28. The quantitative estimate of drug-likeness (QED) is 0.701. The summed E-state index contributed by atoms with van der Waals surface area (Å²) in [6.07, 6.45) is 2.17. The first-order valence-electron chi connectivity index (χ1n) is 10.0. The van der Waals surface area contributed by atoms with Crippen molar-refractivity contribution in [2.24, 2.45) is 0 Å². The Morgan fingerprint density at radius 2 is 2.00 bits per heavy atom. The number of imide groups is 1. The van der Waals surface area contributed by atoms with E-state index in [-0.39, 0.29) is 18.6 Å². The molecule has 0 bridgehead atoms. The van der Waals surface area contributed by atoms with Crippen LogP contribution in [0.25, 0.3) is 0 Å². The average Bonchev–Trinajstić information content (AvgIpc) is 3.42. The van der Waals surface area contributed by atoms with Gasteiger partial charge in [-0.1, -0.05) is 6.07 Å². The van der Waals surface area contributed by atoms with Crippen LogP contribution in [0.4, 0.5) is 10.5 Å². The van der Waals surface area contributed by atoms with E-state index >= 15 is 0 Å². The summed E-state index contributed by atoms with van der Waals surface area (Å²) < 4.78 is 16.7. The lowest BCUT2D eigenvalue weighted by molar-refractivity contribution is -0.121. The monoisotopic (exact) mass is 431 g/mol. The molecule has 0 aliphatic carbocycles. The molecule has 2 aliphatic rings. The number of carbonyl (C=O) groups is 2. The number of thiophene rings is 1. The van der Waals surface area contributed by atoms with Gasteiger partial charge in [0, 0.05) is 36.3 Å². The number of hydrogen-bond donors (Lipinski definition) is 2. The number of benzene rings is 1. The Kier molecular flexibility index (Phi) is 6.83.